The predicted octanol–water partition coefficient (Wildman–Crippen LogP) is 6.98. The second-order valence-corrected chi connectivity index (χ2v) is 7.99. The van der Waals surface area contributed by atoms with E-state index in [2.05, 4.69) is 10.2 Å². The Morgan fingerprint density at radius 2 is 1.35 bits per heavy atom. The highest BCUT2D eigenvalue weighted by atomic mass is 35.5. The summed E-state index contributed by atoms with van der Waals surface area (Å²) in [5.41, 5.74) is 0.785. The molecule has 34 heavy (non-hydrogen) atoms. The third-order valence-corrected chi connectivity index (χ3v) is 5.59. The van der Waals surface area contributed by atoms with Gasteiger partial charge in [-0.3, -0.25) is 4.90 Å². The molecule has 1 fully saturated rings. The van der Waals surface area contributed by atoms with Gasteiger partial charge in [-0.2, -0.15) is 13.2 Å². The van der Waals surface area contributed by atoms with Gasteiger partial charge in [0.2, 0.25) is 0 Å². The number of nitrogens with zero attached hydrogens (tertiary/aromatic N) is 1. The van der Waals surface area contributed by atoms with Crippen molar-refractivity contribution < 1.29 is 22.6 Å². The number of hydrogen-bond acceptors (Lipinski definition) is 4. The summed E-state index contributed by atoms with van der Waals surface area (Å²) < 4.78 is 51.5. The molecule has 1 aliphatic heterocycles. The Kier molecular flexibility index (Phi) is 9.21. The summed E-state index contributed by atoms with van der Waals surface area (Å²) in [4.78, 5) is 2.11. The lowest BCUT2D eigenvalue weighted by atomic mass is 9.98. The van der Waals surface area contributed by atoms with E-state index in [1.54, 1.807) is 6.07 Å². The van der Waals surface area contributed by atoms with E-state index in [4.69, 9.17) is 9.47 Å². The van der Waals surface area contributed by atoms with Crippen molar-refractivity contribution in [3.8, 4) is 23.0 Å². The Balaban J connectivity index is 0.00000324. The van der Waals surface area contributed by atoms with Crippen LogP contribution in [0.2, 0.25) is 0 Å². The summed E-state index contributed by atoms with van der Waals surface area (Å²) in [6.45, 7) is 2.90. The summed E-state index contributed by atoms with van der Waals surface area (Å²) in [5.74, 6) is 2.25. The van der Waals surface area contributed by atoms with Crippen LogP contribution >= 0.6 is 12.4 Å². The number of nitrogens with one attached hydrogen (secondary N) is 1. The third kappa shape index (κ3) is 7.38. The molecule has 3 aromatic carbocycles. The first-order valence-corrected chi connectivity index (χ1v) is 11.1. The molecule has 1 heterocycles. The van der Waals surface area contributed by atoms with Gasteiger partial charge in [-0.15, -0.1) is 12.4 Å². The van der Waals surface area contributed by atoms with E-state index in [1.807, 2.05) is 72.8 Å². The molecular formula is C26H28ClF3N2O2. The van der Waals surface area contributed by atoms with Gasteiger partial charge in [-0.05, 0) is 48.4 Å². The number of halogens is 4. The highest BCUT2D eigenvalue weighted by Crippen LogP contribution is 2.39. The van der Waals surface area contributed by atoms with Gasteiger partial charge in [0, 0.05) is 38.6 Å². The second-order valence-electron chi connectivity index (χ2n) is 7.99. The molecule has 1 saturated heterocycles. The predicted molar refractivity (Wildman–Crippen MR) is 129 cm³/mol. The van der Waals surface area contributed by atoms with Crippen molar-refractivity contribution >= 4 is 12.4 Å². The van der Waals surface area contributed by atoms with Crippen LogP contribution in [0.1, 0.15) is 24.4 Å². The minimum atomic E-state index is -4.20. The summed E-state index contributed by atoms with van der Waals surface area (Å²) in [5, 5.41) is 3.27. The van der Waals surface area contributed by atoms with Crippen LogP contribution in [0, 0.1) is 0 Å². The zero-order chi connectivity index (χ0) is 23.1. The highest BCUT2D eigenvalue weighted by molar-refractivity contribution is 5.85. The van der Waals surface area contributed by atoms with Gasteiger partial charge >= 0.3 is 6.18 Å². The zero-order valence-electron chi connectivity index (χ0n) is 18.6. The lowest BCUT2D eigenvalue weighted by molar-refractivity contribution is -0.138. The number of para-hydroxylation sites is 2. The molecule has 1 aliphatic rings. The molecule has 0 aliphatic carbocycles. The molecule has 0 bridgehead atoms. The number of alkyl halides is 3. The molecule has 0 aromatic heterocycles. The Bertz CT molecular complexity index is 1010. The van der Waals surface area contributed by atoms with E-state index in [9.17, 15) is 13.2 Å². The molecule has 1 atom stereocenters. The first-order chi connectivity index (χ1) is 16.0. The minimum absolute atomic E-state index is 0. The molecule has 0 amide bonds. The van der Waals surface area contributed by atoms with E-state index in [0.29, 0.717) is 36.1 Å². The van der Waals surface area contributed by atoms with Gasteiger partial charge in [-0.1, -0.05) is 42.5 Å². The van der Waals surface area contributed by atoms with E-state index < -0.39 is 12.6 Å². The molecular weight excluding hydrogens is 465 g/mol. The second kappa shape index (κ2) is 12.1. The summed E-state index contributed by atoms with van der Waals surface area (Å²) in [6, 6.07) is 23.7. The van der Waals surface area contributed by atoms with Crippen LogP contribution < -0.4 is 14.8 Å². The normalized spacial score (nSPS) is 15.3. The number of hydrogen-bond donors (Lipinski definition) is 1. The number of ether oxygens (including phenoxy) is 2. The minimum Gasteiger partial charge on any atom is -0.453 e. The van der Waals surface area contributed by atoms with Crippen LogP contribution in [0.15, 0.2) is 78.9 Å². The molecule has 0 radical (unpaired) electrons. The standard InChI is InChI=1S/C26H27F3N2O2.ClH/c27-26(28,29)14-13-23(31-17-15-30-16-18-31)20-11-12-24(32-21-7-3-1-4-8-21)25(19-20)33-22-9-5-2-6-10-22;/h1-12,19,23,30H,13-18H2;1H/t23-;/m1./s1. The maximum absolute atomic E-state index is 13.1. The van der Waals surface area contributed by atoms with Crippen molar-refractivity contribution in [2.75, 3.05) is 26.2 Å². The molecule has 8 heteroatoms. The van der Waals surface area contributed by atoms with E-state index in [0.717, 1.165) is 18.7 Å². The van der Waals surface area contributed by atoms with Crippen LogP contribution in [0.5, 0.6) is 23.0 Å². The maximum atomic E-state index is 13.1. The van der Waals surface area contributed by atoms with Crippen LogP contribution in [0.25, 0.3) is 0 Å². The molecule has 1 N–H and O–H groups in total. The third-order valence-electron chi connectivity index (χ3n) is 5.59. The monoisotopic (exact) mass is 492 g/mol. The van der Waals surface area contributed by atoms with Crippen molar-refractivity contribution in [2.24, 2.45) is 0 Å². The molecule has 4 nitrogen and oxygen atoms in total. The maximum Gasteiger partial charge on any atom is 0.389 e. The number of piperazine rings is 1. The van der Waals surface area contributed by atoms with Crippen molar-refractivity contribution in [2.45, 2.75) is 25.1 Å². The fraction of sp³-hybridized carbons (Fsp3) is 0.308. The Morgan fingerprint density at radius 3 is 1.91 bits per heavy atom. The molecule has 0 unspecified atom stereocenters. The van der Waals surface area contributed by atoms with Gasteiger partial charge in [-0.25, -0.2) is 0 Å². The number of benzene rings is 3. The van der Waals surface area contributed by atoms with E-state index in [-0.39, 0.29) is 24.9 Å². The van der Waals surface area contributed by atoms with Gasteiger partial charge in [0.25, 0.3) is 0 Å². The molecule has 182 valence electrons. The van der Waals surface area contributed by atoms with Gasteiger partial charge < -0.3 is 14.8 Å². The lowest BCUT2D eigenvalue weighted by Gasteiger charge is -2.35. The van der Waals surface area contributed by atoms with Crippen molar-refractivity contribution in [1.82, 2.24) is 10.2 Å². The van der Waals surface area contributed by atoms with Crippen LogP contribution in [0.3, 0.4) is 0 Å². The van der Waals surface area contributed by atoms with Crippen LogP contribution in [-0.2, 0) is 0 Å². The fourth-order valence-electron chi connectivity index (χ4n) is 3.98. The molecule has 3 aromatic rings. The molecule has 4 rings (SSSR count). The van der Waals surface area contributed by atoms with E-state index in [1.165, 1.54) is 0 Å². The highest BCUT2D eigenvalue weighted by Gasteiger charge is 2.31. The van der Waals surface area contributed by atoms with Crippen molar-refractivity contribution in [3.05, 3.63) is 84.4 Å². The van der Waals surface area contributed by atoms with E-state index >= 15 is 0 Å². The first-order valence-electron chi connectivity index (χ1n) is 11.1. The fourth-order valence-corrected chi connectivity index (χ4v) is 3.98. The SMILES string of the molecule is Cl.FC(F)(F)CC[C@H](c1ccc(Oc2ccccc2)c(Oc2ccccc2)c1)N1CCNCC1. The number of rotatable bonds is 8. The smallest absolute Gasteiger partial charge is 0.389 e. The van der Waals surface area contributed by atoms with Gasteiger partial charge in [0.05, 0.1) is 0 Å². The van der Waals surface area contributed by atoms with Gasteiger partial charge in [0.15, 0.2) is 11.5 Å². The largest absolute Gasteiger partial charge is 0.453 e. The first kappa shape index (κ1) is 25.9. The average molecular weight is 493 g/mol. The van der Waals surface area contributed by atoms with Crippen molar-refractivity contribution in [1.29, 1.82) is 0 Å². The topological polar surface area (TPSA) is 33.7 Å². The summed E-state index contributed by atoms with van der Waals surface area (Å²) >= 11 is 0. The Labute approximate surface area is 204 Å². The van der Waals surface area contributed by atoms with Crippen LogP contribution in [-0.4, -0.2) is 37.3 Å². The average Bonchev–Trinajstić information content (AvgIpc) is 2.82. The summed E-state index contributed by atoms with van der Waals surface area (Å²) in [6.07, 6.45) is -5.04. The van der Waals surface area contributed by atoms with Gasteiger partial charge in [0.1, 0.15) is 11.5 Å². The Morgan fingerprint density at radius 1 is 0.794 bits per heavy atom. The molecule has 0 spiro atoms. The quantitative estimate of drug-likeness (QED) is 0.367. The van der Waals surface area contributed by atoms with Crippen LogP contribution in [0.4, 0.5) is 13.2 Å². The molecule has 0 saturated carbocycles. The lowest BCUT2D eigenvalue weighted by Crippen LogP contribution is -2.45. The summed E-state index contributed by atoms with van der Waals surface area (Å²) in [7, 11) is 0. The van der Waals surface area contributed by atoms with Crippen molar-refractivity contribution in [3.63, 3.8) is 0 Å². The zero-order valence-corrected chi connectivity index (χ0v) is 19.4. The Hall–Kier alpha value is -2.74.